The zero-order valence-electron chi connectivity index (χ0n) is 14.8. The highest BCUT2D eigenvalue weighted by Gasteiger charge is 2.38. The minimum absolute atomic E-state index is 0.270. The second kappa shape index (κ2) is 9.13. The molecule has 1 aromatic rings. The average molecular weight is 404 g/mol. The van der Waals surface area contributed by atoms with Gasteiger partial charge in [-0.05, 0) is 49.9 Å². The van der Waals surface area contributed by atoms with Crippen molar-refractivity contribution >= 4 is 17.8 Å². The van der Waals surface area contributed by atoms with Gasteiger partial charge in [0, 0.05) is 12.0 Å². The lowest BCUT2D eigenvalue weighted by Gasteiger charge is -2.25. The molecule has 154 valence electrons. The van der Waals surface area contributed by atoms with Gasteiger partial charge < -0.3 is 10.4 Å². The smallest absolute Gasteiger partial charge is 0.475 e. The molecule has 0 spiro atoms. The Hall–Kier alpha value is -2.49. The predicted molar refractivity (Wildman–Crippen MR) is 90.1 cm³/mol. The number of amides is 2. The lowest BCUT2D eigenvalue weighted by molar-refractivity contribution is -0.192. The van der Waals surface area contributed by atoms with Crippen LogP contribution in [0, 0.1) is 5.82 Å². The summed E-state index contributed by atoms with van der Waals surface area (Å²) in [6, 6.07) is 5.21. The molecular formula is C18H20F4N2O4. The Balaban J connectivity index is 0.000000345. The molecular weight excluding hydrogens is 384 g/mol. The minimum atomic E-state index is -5.08. The first kappa shape index (κ1) is 21.8. The van der Waals surface area contributed by atoms with Crippen LogP contribution in [-0.4, -0.2) is 42.2 Å². The number of carboxylic acid groups (broad SMARTS) is 1. The molecule has 2 saturated heterocycles. The number of rotatable bonds is 2. The van der Waals surface area contributed by atoms with E-state index in [4.69, 9.17) is 9.90 Å². The number of alkyl halides is 3. The van der Waals surface area contributed by atoms with Gasteiger partial charge in [-0.3, -0.25) is 14.9 Å². The fourth-order valence-electron chi connectivity index (χ4n) is 3.23. The predicted octanol–water partition coefficient (Wildman–Crippen LogP) is 2.45. The highest BCUT2D eigenvalue weighted by atomic mass is 19.4. The van der Waals surface area contributed by atoms with E-state index in [0.29, 0.717) is 17.9 Å². The van der Waals surface area contributed by atoms with Crippen molar-refractivity contribution in [3.8, 4) is 0 Å². The summed E-state index contributed by atoms with van der Waals surface area (Å²) in [6.07, 6.45) is -2.41. The van der Waals surface area contributed by atoms with Gasteiger partial charge in [-0.2, -0.15) is 13.2 Å². The van der Waals surface area contributed by atoms with Crippen LogP contribution in [-0.2, 0) is 14.4 Å². The first-order valence-electron chi connectivity index (χ1n) is 8.73. The summed E-state index contributed by atoms with van der Waals surface area (Å²) in [4.78, 5) is 31.9. The van der Waals surface area contributed by atoms with Gasteiger partial charge in [0.15, 0.2) is 0 Å². The van der Waals surface area contributed by atoms with E-state index in [9.17, 15) is 27.2 Å². The van der Waals surface area contributed by atoms with E-state index in [0.717, 1.165) is 31.5 Å². The molecule has 1 aromatic carbocycles. The van der Waals surface area contributed by atoms with Gasteiger partial charge in [-0.1, -0.05) is 12.1 Å². The van der Waals surface area contributed by atoms with Crippen LogP contribution < -0.4 is 10.6 Å². The van der Waals surface area contributed by atoms with Crippen molar-refractivity contribution < 1.29 is 37.1 Å². The van der Waals surface area contributed by atoms with Crippen LogP contribution >= 0.6 is 0 Å². The van der Waals surface area contributed by atoms with E-state index in [1.54, 1.807) is 12.1 Å². The maximum atomic E-state index is 14.4. The number of carbonyl (C=O) groups is 3. The normalized spacial score (nSPS) is 20.8. The van der Waals surface area contributed by atoms with Gasteiger partial charge in [-0.15, -0.1) is 0 Å². The molecule has 0 bridgehead atoms. The molecule has 0 aliphatic carbocycles. The van der Waals surface area contributed by atoms with Crippen LogP contribution in [0.4, 0.5) is 17.6 Å². The van der Waals surface area contributed by atoms with E-state index in [1.165, 1.54) is 0 Å². The number of aliphatic carboxylic acids is 1. The molecule has 0 saturated carbocycles. The topological polar surface area (TPSA) is 95.5 Å². The monoisotopic (exact) mass is 404 g/mol. The second-order valence-corrected chi connectivity index (χ2v) is 6.61. The molecule has 2 aliphatic rings. The van der Waals surface area contributed by atoms with E-state index in [1.807, 2.05) is 6.07 Å². The molecule has 1 unspecified atom stereocenters. The van der Waals surface area contributed by atoms with E-state index >= 15 is 0 Å². The Morgan fingerprint density at radius 2 is 1.71 bits per heavy atom. The Kier molecular flexibility index (Phi) is 7.11. The summed E-state index contributed by atoms with van der Waals surface area (Å²) in [7, 11) is 0. The number of hydrogen-bond acceptors (Lipinski definition) is 4. The van der Waals surface area contributed by atoms with Crippen molar-refractivity contribution in [3.05, 3.63) is 35.1 Å². The van der Waals surface area contributed by atoms with E-state index in [-0.39, 0.29) is 24.1 Å². The second-order valence-electron chi connectivity index (χ2n) is 6.61. The number of carbonyl (C=O) groups excluding carboxylic acids is 2. The fraction of sp³-hybridized carbons (Fsp3) is 0.500. The summed E-state index contributed by atoms with van der Waals surface area (Å²) in [5, 5.41) is 12.7. The van der Waals surface area contributed by atoms with Crippen molar-refractivity contribution in [3.63, 3.8) is 0 Å². The Bertz CT molecular complexity index is 746. The number of hydrogen-bond donors (Lipinski definition) is 3. The van der Waals surface area contributed by atoms with Crippen molar-refractivity contribution in [1.82, 2.24) is 10.6 Å². The van der Waals surface area contributed by atoms with Gasteiger partial charge in [0.1, 0.15) is 5.82 Å². The van der Waals surface area contributed by atoms with Crippen molar-refractivity contribution in [2.45, 2.75) is 43.7 Å². The van der Waals surface area contributed by atoms with Crippen LogP contribution in [0.3, 0.4) is 0 Å². The largest absolute Gasteiger partial charge is 0.490 e. The molecule has 0 aromatic heterocycles. The molecule has 0 radical (unpaired) electrons. The number of halogens is 4. The third-order valence-corrected chi connectivity index (χ3v) is 4.69. The first-order chi connectivity index (χ1) is 13.1. The Morgan fingerprint density at radius 3 is 2.21 bits per heavy atom. The zero-order valence-corrected chi connectivity index (χ0v) is 14.8. The van der Waals surface area contributed by atoms with Gasteiger partial charge in [0.2, 0.25) is 11.8 Å². The number of carboxylic acids is 1. The van der Waals surface area contributed by atoms with Gasteiger partial charge in [0.25, 0.3) is 0 Å². The number of imide groups is 1. The summed E-state index contributed by atoms with van der Waals surface area (Å²) in [5.74, 6) is -3.92. The highest BCUT2D eigenvalue weighted by Crippen LogP contribution is 2.31. The molecule has 2 aliphatic heterocycles. The number of piperidine rings is 2. The quantitative estimate of drug-likeness (QED) is 0.520. The molecule has 28 heavy (non-hydrogen) atoms. The van der Waals surface area contributed by atoms with Crippen molar-refractivity contribution in [2.75, 3.05) is 13.1 Å². The molecule has 1 atom stereocenters. The SMILES string of the molecule is O=C(O)C(F)(F)F.O=C1CCC(c2ccc(C3CCNCC3)cc2F)C(=O)N1. The molecule has 2 fully saturated rings. The standard InChI is InChI=1S/C16H19FN2O2.C2HF3O2/c17-14-9-11(10-5-7-18-8-6-10)1-2-12(14)13-3-4-15(20)19-16(13)21;3-2(4,5)1(6)7/h1-2,9-10,13,18H,3-8H2,(H,19,20,21);(H,6,7). The van der Waals surface area contributed by atoms with E-state index < -0.39 is 18.1 Å². The van der Waals surface area contributed by atoms with Crippen LogP contribution in [0.1, 0.15) is 48.6 Å². The molecule has 10 heteroatoms. The first-order valence-corrected chi connectivity index (χ1v) is 8.73. The lowest BCUT2D eigenvalue weighted by Crippen LogP contribution is -2.39. The lowest BCUT2D eigenvalue weighted by atomic mass is 9.86. The van der Waals surface area contributed by atoms with Gasteiger partial charge in [-0.25, -0.2) is 9.18 Å². The van der Waals surface area contributed by atoms with E-state index in [2.05, 4.69) is 10.6 Å². The molecule has 6 nitrogen and oxygen atoms in total. The van der Waals surface area contributed by atoms with Gasteiger partial charge >= 0.3 is 12.1 Å². The van der Waals surface area contributed by atoms with Crippen LogP contribution in [0.15, 0.2) is 18.2 Å². The minimum Gasteiger partial charge on any atom is -0.475 e. The van der Waals surface area contributed by atoms with Gasteiger partial charge in [0.05, 0.1) is 5.92 Å². The molecule has 2 heterocycles. The highest BCUT2D eigenvalue weighted by molar-refractivity contribution is 6.00. The fourth-order valence-corrected chi connectivity index (χ4v) is 3.23. The van der Waals surface area contributed by atoms with Crippen molar-refractivity contribution in [1.29, 1.82) is 0 Å². The molecule has 2 amide bonds. The maximum Gasteiger partial charge on any atom is 0.490 e. The summed E-state index contributed by atoms with van der Waals surface area (Å²) in [5.41, 5.74) is 1.41. The van der Waals surface area contributed by atoms with Crippen LogP contribution in [0.5, 0.6) is 0 Å². The average Bonchev–Trinajstić information content (AvgIpc) is 2.63. The summed E-state index contributed by atoms with van der Waals surface area (Å²) >= 11 is 0. The van der Waals surface area contributed by atoms with Crippen LogP contribution in [0.25, 0.3) is 0 Å². The third-order valence-electron chi connectivity index (χ3n) is 4.69. The third kappa shape index (κ3) is 5.75. The Morgan fingerprint density at radius 1 is 1.11 bits per heavy atom. The maximum absolute atomic E-state index is 14.4. The summed E-state index contributed by atoms with van der Waals surface area (Å²) < 4.78 is 46.1. The van der Waals surface area contributed by atoms with Crippen LogP contribution in [0.2, 0.25) is 0 Å². The Labute approximate surface area is 158 Å². The molecule has 3 N–H and O–H groups in total. The number of benzene rings is 1. The van der Waals surface area contributed by atoms with Crippen molar-refractivity contribution in [2.24, 2.45) is 0 Å². The summed E-state index contributed by atoms with van der Waals surface area (Å²) in [6.45, 7) is 1.92. The zero-order chi connectivity index (χ0) is 20.9. The molecule has 3 rings (SSSR count). The number of nitrogens with one attached hydrogen (secondary N) is 2.